The van der Waals surface area contributed by atoms with Gasteiger partial charge in [0.05, 0.1) is 10.6 Å². The summed E-state index contributed by atoms with van der Waals surface area (Å²) in [5, 5.41) is 5.88. The Morgan fingerprint density at radius 2 is 1.80 bits per heavy atom. The average Bonchev–Trinajstić information content (AvgIpc) is 2.60. The highest BCUT2D eigenvalue weighted by atomic mass is 35.5. The highest BCUT2D eigenvalue weighted by molar-refractivity contribution is 6.34. The average molecular weight is 360 g/mol. The van der Waals surface area contributed by atoms with Crippen LogP contribution in [0.3, 0.4) is 0 Å². The summed E-state index contributed by atoms with van der Waals surface area (Å²) in [5.41, 5.74) is 2.08. The molecule has 0 spiro atoms. The Kier molecular flexibility index (Phi) is 6.42. The maximum Gasteiger partial charge on any atom is 0.321 e. The lowest BCUT2D eigenvalue weighted by Gasteiger charge is -2.15. The second-order valence-electron chi connectivity index (χ2n) is 6.04. The monoisotopic (exact) mass is 359 g/mol. The van der Waals surface area contributed by atoms with E-state index in [9.17, 15) is 9.59 Å². The molecule has 0 saturated carbocycles. The third-order valence-electron chi connectivity index (χ3n) is 3.81. The molecule has 0 heterocycles. The first kappa shape index (κ1) is 18.8. The van der Waals surface area contributed by atoms with Crippen molar-refractivity contribution >= 4 is 29.2 Å². The third-order valence-corrected chi connectivity index (χ3v) is 4.12. The fraction of sp³-hybridized carbons (Fsp3) is 0.263. The first-order valence-electron chi connectivity index (χ1n) is 7.99. The maximum absolute atomic E-state index is 12.4. The molecule has 0 radical (unpaired) electrons. The number of nitrogens with zero attached hydrogens (tertiary/aromatic N) is 1. The minimum atomic E-state index is -0.259. The van der Waals surface area contributed by atoms with Crippen LogP contribution in [0.5, 0.6) is 0 Å². The summed E-state index contributed by atoms with van der Waals surface area (Å²) in [6, 6.07) is 14.6. The number of hydrogen-bond acceptors (Lipinski definition) is 2. The van der Waals surface area contributed by atoms with Crippen LogP contribution in [-0.4, -0.2) is 37.5 Å². The lowest BCUT2D eigenvalue weighted by atomic mass is 10.0. The molecule has 0 saturated heterocycles. The Morgan fingerprint density at radius 3 is 2.40 bits per heavy atom. The predicted molar refractivity (Wildman–Crippen MR) is 101 cm³/mol. The van der Waals surface area contributed by atoms with Gasteiger partial charge in [-0.15, -0.1) is 0 Å². The lowest BCUT2D eigenvalue weighted by Crippen LogP contribution is -2.28. The molecule has 1 unspecified atom stereocenters. The van der Waals surface area contributed by atoms with Crippen LogP contribution in [0.25, 0.3) is 0 Å². The van der Waals surface area contributed by atoms with Crippen LogP contribution < -0.4 is 10.6 Å². The number of urea groups is 1. The number of halogens is 1. The molecule has 0 aliphatic rings. The number of amides is 3. The SMILES string of the molecule is CC(CNC(=O)c1ccc(NC(=O)N(C)C)cc1Cl)c1ccccc1. The first-order chi connectivity index (χ1) is 11.9. The van der Waals surface area contributed by atoms with Crippen molar-refractivity contribution in [1.29, 1.82) is 0 Å². The number of benzene rings is 2. The van der Waals surface area contributed by atoms with E-state index in [0.717, 1.165) is 5.56 Å². The fourth-order valence-corrected chi connectivity index (χ4v) is 2.52. The number of rotatable bonds is 5. The van der Waals surface area contributed by atoms with Crippen LogP contribution in [0.2, 0.25) is 5.02 Å². The Labute approximate surface area is 153 Å². The first-order valence-corrected chi connectivity index (χ1v) is 8.37. The Balaban J connectivity index is 1.98. The molecule has 1 atom stereocenters. The van der Waals surface area contributed by atoms with Crippen LogP contribution in [0.4, 0.5) is 10.5 Å². The van der Waals surface area contributed by atoms with E-state index in [4.69, 9.17) is 11.6 Å². The van der Waals surface area contributed by atoms with E-state index in [-0.39, 0.29) is 17.9 Å². The van der Waals surface area contributed by atoms with Gasteiger partial charge in [-0.3, -0.25) is 4.79 Å². The summed E-state index contributed by atoms with van der Waals surface area (Å²) in [6.07, 6.45) is 0. The van der Waals surface area contributed by atoms with Gasteiger partial charge < -0.3 is 15.5 Å². The van der Waals surface area contributed by atoms with Gasteiger partial charge in [0.15, 0.2) is 0 Å². The summed E-state index contributed by atoms with van der Waals surface area (Å²) >= 11 is 6.19. The van der Waals surface area contributed by atoms with Crippen molar-refractivity contribution in [2.45, 2.75) is 12.8 Å². The quantitative estimate of drug-likeness (QED) is 0.848. The van der Waals surface area contributed by atoms with Gasteiger partial charge in [0.2, 0.25) is 0 Å². The van der Waals surface area contributed by atoms with E-state index in [0.29, 0.717) is 22.8 Å². The molecule has 25 heavy (non-hydrogen) atoms. The van der Waals surface area contributed by atoms with Gasteiger partial charge in [0.25, 0.3) is 5.91 Å². The standard InChI is InChI=1S/C19H22ClN3O2/c1-13(14-7-5-4-6-8-14)12-21-18(24)16-10-9-15(11-17(16)20)22-19(25)23(2)3/h4-11,13H,12H2,1-3H3,(H,21,24)(H,22,25). The van der Waals surface area contributed by atoms with Crippen LogP contribution in [0, 0.1) is 0 Å². The minimum Gasteiger partial charge on any atom is -0.351 e. The van der Waals surface area contributed by atoms with Crippen molar-refractivity contribution in [3.63, 3.8) is 0 Å². The molecule has 0 aromatic heterocycles. The van der Waals surface area contributed by atoms with Crippen molar-refractivity contribution in [3.8, 4) is 0 Å². The predicted octanol–water partition coefficient (Wildman–Crippen LogP) is 3.97. The van der Waals surface area contributed by atoms with E-state index in [2.05, 4.69) is 17.6 Å². The van der Waals surface area contributed by atoms with Crippen LogP contribution in [0.1, 0.15) is 28.8 Å². The number of carbonyl (C=O) groups is 2. The lowest BCUT2D eigenvalue weighted by molar-refractivity contribution is 0.0952. The van der Waals surface area contributed by atoms with E-state index < -0.39 is 0 Å². The van der Waals surface area contributed by atoms with Gasteiger partial charge in [-0.1, -0.05) is 48.9 Å². The molecular weight excluding hydrogens is 338 g/mol. The Hall–Kier alpha value is -2.53. The van der Waals surface area contributed by atoms with Crippen molar-refractivity contribution in [1.82, 2.24) is 10.2 Å². The van der Waals surface area contributed by atoms with Gasteiger partial charge in [0, 0.05) is 26.3 Å². The molecule has 0 fully saturated rings. The second-order valence-corrected chi connectivity index (χ2v) is 6.45. The van der Waals surface area contributed by atoms with E-state index in [1.165, 1.54) is 4.90 Å². The number of carbonyl (C=O) groups excluding carboxylic acids is 2. The summed E-state index contributed by atoms with van der Waals surface area (Å²) in [5.74, 6) is -0.0409. The topological polar surface area (TPSA) is 61.4 Å². The third kappa shape index (κ3) is 5.22. The van der Waals surface area contributed by atoms with Crippen molar-refractivity contribution in [2.24, 2.45) is 0 Å². The van der Waals surface area contributed by atoms with E-state index in [1.807, 2.05) is 30.3 Å². The van der Waals surface area contributed by atoms with E-state index >= 15 is 0 Å². The van der Waals surface area contributed by atoms with E-state index in [1.54, 1.807) is 32.3 Å². The zero-order valence-corrected chi connectivity index (χ0v) is 15.3. The normalized spacial score (nSPS) is 11.5. The zero-order chi connectivity index (χ0) is 18.4. The molecule has 3 amide bonds. The molecule has 0 aliphatic carbocycles. The van der Waals surface area contributed by atoms with Gasteiger partial charge >= 0.3 is 6.03 Å². The summed E-state index contributed by atoms with van der Waals surface area (Å²) in [7, 11) is 3.29. The largest absolute Gasteiger partial charge is 0.351 e. The number of nitrogens with one attached hydrogen (secondary N) is 2. The summed E-state index contributed by atoms with van der Waals surface area (Å²) < 4.78 is 0. The van der Waals surface area contributed by atoms with Crippen molar-refractivity contribution < 1.29 is 9.59 Å². The molecule has 0 aliphatic heterocycles. The van der Waals surface area contributed by atoms with Crippen LogP contribution in [-0.2, 0) is 0 Å². The molecule has 6 heteroatoms. The van der Waals surface area contributed by atoms with Crippen molar-refractivity contribution in [3.05, 3.63) is 64.7 Å². The highest BCUT2D eigenvalue weighted by Gasteiger charge is 2.14. The molecule has 132 valence electrons. The smallest absolute Gasteiger partial charge is 0.321 e. The highest BCUT2D eigenvalue weighted by Crippen LogP contribution is 2.21. The molecule has 2 aromatic carbocycles. The van der Waals surface area contributed by atoms with Gasteiger partial charge in [0.1, 0.15) is 0 Å². The van der Waals surface area contributed by atoms with Crippen LogP contribution >= 0.6 is 11.6 Å². The Morgan fingerprint density at radius 1 is 1.12 bits per heavy atom. The summed E-state index contributed by atoms with van der Waals surface area (Å²) in [4.78, 5) is 25.4. The molecule has 2 rings (SSSR count). The summed E-state index contributed by atoms with van der Waals surface area (Å²) in [6.45, 7) is 2.56. The molecule has 0 bridgehead atoms. The zero-order valence-electron chi connectivity index (χ0n) is 14.5. The number of hydrogen-bond donors (Lipinski definition) is 2. The second kappa shape index (κ2) is 8.53. The van der Waals surface area contributed by atoms with Gasteiger partial charge in [-0.25, -0.2) is 4.79 Å². The fourth-order valence-electron chi connectivity index (χ4n) is 2.25. The molecular formula is C19H22ClN3O2. The minimum absolute atomic E-state index is 0.197. The molecule has 5 nitrogen and oxygen atoms in total. The van der Waals surface area contributed by atoms with Crippen LogP contribution in [0.15, 0.2) is 48.5 Å². The number of anilines is 1. The van der Waals surface area contributed by atoms with Gasteiger partial charge in [-0.05, 0) is 29.7 Å². The Bertz CT molecular complexity index is 748. The van der Waals surface area contributed by atoms with Gasteiger partial charge in [-0.2, -0.15) is 0 Å². The van der Waals surface area contributed by atoms with Crippen molar-refractivity contribution in [2.75, 3.05) is 26.0 Å². The maximum atomic E-state index is 12.4. The molecule has 2 aromatic rings. The molecule has 2 N–H and O–H groups in total.